The molecule has 0 saturated carbocycles. The summed E-state index contributed by atoms with van der Waals surface area (Å²) < 4.78 is 10.3. The van der Waals surface area contributed by atoms with Crippen molar-refractivity contribution >= 4 is 18.0 Å². The number of hydrogen-bond donors (Lipinski definition) is 2. The van der Waals surface area contributed by atoms with E-state index in [0.29, 0.717) is 19.3 Å². The smallest absolute Gasteiger partial charge is 0.408 e. The van der Waals surface area contributed by atoms with Gasteiger partial charge in [0.05, 0.1) is 7.11 Å². The Hall–Kier alpha value is -2.57. The van der Waals surface area contributed by atoms with E-state index in [0.717, 1.165) is 11.1 Å². The second-order valence-corrected chi connectivity index (χ2v) is 9.01. The van der Waals surface area contributed by atoms with Gasteiger partial charge in [-0.25, -0.2) is 9.59 Å². The number of esters is 1. The maximum atomic E-state index is 13.1. The zero-order valence-corrected chi connectivity index (χ0v) is 18.1. The number of benzene rings is 1. The molecule has 0 radical (unpaired) electrons. The normalized spacial score (nSPS) is 16.0. The Labute approximate surface area is 172 Å². The minimum atomic E-state index is -1.18. The third-order valence-corrected chi connectivity index (χ3v) is 4.76. The summed E-state index contributed by atoms with van der Waals surface area (Å²) in [5.74, 6) is -0.777. The predicted molar refractivity (Wildman–Crippen MR) is 109 cm³/mol. The van der Waals surface area contributed by atoms with E-state index >= 15 is 0 Å². The highest BCUT2D eigenvalue weighted by atomic mass is 16.6. The zero-order chi connectivity index (χ0) is 21.8. The first kappa shape index (κ1) is 22.7. The fourth-order valence-electron chi connectivity index (χ4n) is 3.57. The molecule has 0 heterocycles. The Kier molecular flexibility index (Phi) is 6.93. The van der Waals surface area contributed by atoms with Gasteiger partial charge in [-0.05, 0) is 44.2 Å². The van der Waals surface area contributed by atoms with Gasteiger partial charge in [0.15, 0.2) is 0 Å². The van der Waals surface area contributed by atoms with E-state index in [-0.39, 0.29) is 5.92 Å². The molecule has 0 spiro atoms. The van der Waals surface area contributed by atoms with Gasteiger partial charge in [-0.1, -0.05) is 38.1 Å². The molecule has 2 rings (SSSR count). The first-order chi connectivity index (χ1) is 13.5. The lowest BCUT2D eigenvalue weighted by Crippen LogP contribution is -2.60. The van der Waals surface area contributed by atoms with Gasteiger partial charge in [-0.15, -0.1) is 0 Å². The maximum absolute atomic E-state index is 13.1. The van der Waals surface area contributed by atoms with E-state index in [1.54, 1.807) is 20.8 Å². The number of methoxy groups -OCH3 is 1. The van der Waals surface area contributed by atoms with Crippen molar-refractivity contribution in [2.45, 2.75) is 71.1 Å². The van der Waals surface area contributed by atoms with Crippen LogP contribution in [-0.4, -0.2) is 42.3 Å². The molecule has 1 aromatic carbocycles. The summed E-state index contributed by atoms with van der Waals surface area (Å²) in [7, 11) is 1.31. The number of carbonyl (C=O) groups is 3. The van der Waals surface area contributed by atoms with Crippen molar-refractivity contribution in [2.24, 2.45) is 5.92 Å². The lowest BCUT2D eigenvalue weighted by atomic mass is 9.94. The average Bonchev–Trinajstić information content (AvgIpc) is 2.97. The topological polar surface area (TPSA) is 93.7 Å². The molecule has 0 aliphatic heterocycles. The predicted octanol–water partition coefficient (Wildman–Crippen LogP) is 2.75. The Morgan fingerprint density at radius 3 is 2.10 bits per heavy atom. The molecule has 7 nitrogen and oxygen atoms in total. The van der Waals surface area contributed by atoms with Crippen LogP contribution in [0.4, 0.5) is 4.79 Å². The van der Waals surface area contributed by atoms with Gasteiger partial charge in [-0.2, -0.15) is 0 Å². The van der Waals surface area contributed by atoms with Crippen LogP contribution in [0.15, 0.2) is 24.3 Å². The number of alkyl carbamates (subject to hydrolysis) is 1. The molecular weight excluding hydrogens is 372 g/mol. The highest BCUT2D eigenvalue weighted by Gasteiger charge is 2.47. The van der Waals surface area contributed by atoms with Crippen LogP contribution in [0.3, 0.4) is 0 Å². The minimum absolute atomic E-state index is 0.149. The first-order valence-corrected chi connectivity index (χ1v) is 9.92. The molecule has 1 aliphatic carbocycles. The van der Waals surface area contributed by atoms with E-state index in [4.69, 9.17) is 9.47 Å². The van der Waals surface area contributed by atoms with Gasteiger partial charge < -0.3 is 20.1 Å². The van der Waals surface area contributed by atoms with Crippen molar-refractivity contribution in [2.75, 3.05) is 7.11 Å². The average molecular weight is 405 g/mol. The fraction of sp³-hybridized carbons (Fsp3) is 0.591. The van der Waals surface area contributed by atoms with Crippen molar-refractivity contribution in [3.63, 3.8) is 0 Å². The molecule has 1 atom stereocenters. The summed E-state index contributed by atoms with van der Waals surface area (Å²) in [4.78, 5) is 38.0. The minimum Gasteiger partial charge on any atom is -0.467 e. The number of carbonyl (C=O) groups excluding carboxylic acids is 3. The van der Waals surface area contributed by atoms with E-state index in [1.165, 1.54) is 7.11 Å². The summed E-state index contributed by atoms with van der Waals surface area (Å²) >= 11 is 0. The van der Waals surface area contributed by atoms with Gasteiger partial charge in [0.1, 0.15) is 17.2 Å². The number of nitrogens with one attached hydrogen (secondary N) is 2. The Bertz CT molecular complexity index is 742. The molecule has 0 bridgehead atoms. The summed E-state index contributed by atoms with van der Waals surface area (Å²) in [6, 6.07) is 6.86. The fourth-order valence-corrected chi connectivity index (χ4v) is 3.57. The van der Waals surface area contributed by atoms with Gasteiger partial charge in [0, 0.05) is 12.8 Å². The number of fused-ring (bicyclic) bond motifs is 1. The third kappa shape index (κ3) is 5.95. The van der Waals surface area contributed by atoms with Crippen LogP contribution in [0.2, 0.25) is 0 Å². The van der Waals surface area contributed by atoms with Gasteiger partial charge in [0.2, 0.25) is 5.91 Å². The zero-order valence-electron chi connectivity index (χ0n) is 18.1. The number of amides is 2. The van der Waals surface area contributed by atoms with E-state index in [2.05, 4.69) is 10.6 Å². The third-order valence-electron chi connectivity index (χ3n) is 4.76. The van der Waals surface area contributed by atoms with Crippen LogP contribution in [0, 0.1) is 5.92 Å². The van der Waals surface area contributed by atoms with E-state index in [1.807, 2.05) is 38.1 Å². The Morgan fingerprint density at radius 1 is 1.10 bits per heavy atom. The largest absolute Gasteiger partial charge is 0.467 e. The Morgan fingerprint density at radius 2 is 1.66 bits per heavy atom. The molecule has 2 N–H and O–H groups in total. The molecule has 7 heteroatoms. The molecular formula is C22H32N2O5. The summed E-state index contributed by atoms with van der Waals surface area (Å²) in [5.41, 5.74) is 0.140. The molecule has 0 fully saturated rings. The molecule has 0 aromatic heterocycles. The van der Waals surface area contributed by atoms with Crippen molar-refractivity contribution in [3.8, 4) is 0 Å². The van der Waals surface area contributed by atoms with Crippen LogP contribution in [0.5, 0.6) is 0 Å². The highest BCUT2D eigenvalue weighted by molar-refractivity contribution is 5.93. The van der Waals surface area contributed by atoms with Gasteiger partial charge >= 0.3 is 12.1 Å². The van der Waals surface area contributed by atoms with Crippen LogP contribution in [-0.2, 0) is 31.9 Å². The summed E-state index contributed by atoms with van der Waals surface area (Å²) in [5, 5.41) is 5.53. The van der Waals surface area contributed by atoms with Crippen molar-refractivity contribution in [1.82, 2.24) is 10.6 Å². The lowest BCUT2D eigenvalue weighted by Gasteiger charge is -2.30. The van der Waals surface area contributed by atoms with Crippen molar-refractivity contribution in [3.05, 3.63) is 35.4 Å². The SMILES string of the molecule is COC(=O)C1(NC(=O)[C@H](CC(C)C)NC(=O)OC(C)(C)C)Cc2ccccc2C1. The monoisotopic (exact) mass is 404 g/mol. The molecule has 0 saturated heterocycles. The molecule has 1 aromatic rings. The van der Waals surface area contributed by atoms with Crippen molar-refractivity contribution < 1.29 is 23.9 Å². The Balaban J connectivity index is 2.21. The molecule has 29 heavy (non-hydrogen) atoms. The molecule has 2 amide bonds. The van der Waals surface area contributed by atoms with Crippen LogP contribution in [0.25, 0.3) is 0 Å². The number of hydrogen-bond acceptors (Lipinski definition) is 5. The quantitative estimate of drug-likeness (QED) is 0.711. The summed E-state index contributed by atoms with van der Waals surface area (Å²) in [6.07, 6.45) is 0.445. The van der Waals surface area contributed by atoms with E-state index in [9.17, 15) is 14.4 Å². The lowest BCUT2D eigenvalue weighted by molar-refractivity contribution is -0.150. The van der Waals surface area contributed by atoms with Crippen LogP contribution in [0.1, 0.15) is 52.2 Å². The van der Waals surface area contributed by atoms with Crippen molar-refractivity contribution in [1.29, 1.82) is 0 Å². The number of rotatable bonds is 6. The molecule has 160 valence electrons. The maximum Gasteiger partial charge on any atom is 0.408 e. The molecule has 1 aliphatic rings. The van der Waals surface area contributed by atoms with Crippen LogP contribution >= 0.6 is 0 Å². The standard InChI is InChI=1S/C22H32N2O5/c1-14(2)11-17(23-20(27)29-21(3,4)5)18(25)24-22(19(26)28-6)12-15-9-7-8-10-16(15)13-22/h7-10,14,17H,11-13H2,1-6H3,(H,23,27)(H,24,25)/t17-/m0/s1. The summed E-state index contributed by atoms with van der Waals surface area (Å²) in [6.45, 7) is 9.18. The highest BCUT2D eigenvalue weighted by Crippen LogP contribution is 2.31. The van der Waals surface area contributed by atoms with Gasteiger partial charge in [-0.3, -0.25) is 4.79 Å². The van der Waals surface area contributed by atoms with E-state index < -0.39 is 35.2 Å². The number of ether oxygens (including phenoxy) is 2. The molecule has 0 unspecified atom stereocenters. The second kappa shape index (κ2) is 8.84. The first-order valence-electron chi connectivity index (χ1n) is 9.92. The van der Waals surface area contributed by atoms with Crippen LogP contribution < -0.4 is 10.6 Å². The second-order valence-electron chi connectivity index (χ2n) is 9.01. The van der Waals surface area contributed by atoms with Gasteiger partial charge in [0.25, 0.3) is 0 Å².